The van der Waals surface area contributed by atoms with Gasteiger partial charge in [0.1, 0.15) is 5.82 Å². The van der Waals surface area contributed by atoms with Crippen molar-refractivity contribution in [1.29, 1.82) is 0 Å². The minimum Gasteiger partial charge on any atom is -0.296 e. The Morgan fingerprint density at radius 1 is 0.971 bits per heavy atom. The molecule has 0 saturated carbocycles. The van der Waals surface area contributed by atoms with Gasteiger partial charge in [0.15, 0.2) is 4.34 Å². The monoisotopic (exact) mass is 528 g/mol. The van der Waals surface area contributed by atoms with Crippen molar-refractivity contribution in [3.8, 4) is 0 Å². The second-order valence-corrected chi connectivity index (χ2v) is 11.7. The maximum atomic E-state index is 13.2. The summed E-state index contributed by atoms with van der Waals surface area (Å²) in [6.07, 6.45) is 1.10. The quantitative estimate of drug-likeness (QED) is 0.238. The number of hydrogen-bond donors (Lipinski definition) is 1. The Morgan fingerprint density at radius 2 is 1.66 bits per heavy atom. The fourth-order valence-corrected chi connectivity index (χ4v) is 5.73. The van der Waals surface area contributed by atoms with Gasteiger partial charge in [0.2, 0.25) is 15.2 Å². The fourth-order valence-electron chi connectivity index (χ4n) is 3.14. The molecule has 0 bridgehead atoms. The van der Waals surface area contributed by atoms with E-state index in [1.165, 1.54) is 57.2 Å². The first-order valence-corrected chi connectivity index (χ1v) is 14.1. The lowest BCUT2D eigenvalue weighted by atomic mass is 10.2. The van der Waals surface area contributed by atoms with E-state index in [-0.39, 0.29) is 12.5 Å². The first kappa shape index (κ1) is 24.8. The highest BCUT2D eigenvalue weighted by atomic mass is 32.2. The Morgan fingerprint density at radius 3 is 2.31 bits per heavy atom. The smallest absolute Gasteiger partial charge is 0.257 e. The summed E-state index contributed by atoms with van der Waals surface area (Å²) in [6.45, 7) is 0.0405. The molecule has 0 aliphatic heterocycles. The van der Waals surface area contributed by atoms with Crippen LogP contribution >= 0.6 is 23.1 Å². The van der Waals surface area contributed by atoms with Gasteiger partial charge in [-0.1, -0.05) is 65.6 Å². The molecule has 3 aromatic carbocycles. The number of aromatic nitrogens is 2. The number of nitrogens with one attached hydrogen (secondary N) is 1. The largest absolute Gasteiger partial charge is 0.296 e. The maximum absolute atomic E-state index is 13.2. The van der Waals surface area contributed by atoms with Crippen molar-refractivity contribution in [1.82, 2.24) is 10.2 Å². The third-order valence-corrected chi connectivity index (χ3v) is 8.07. The van der Waals surface area contributed by atoms with Gasteiger partial charge in [-0.15, -0.1) is 10.2 Å². The van der Waals surface area contributed by atoms with Crippen LogP contribution < -0.4 is 9.62 Å². The van der Waals surface area contributed by atoms with Crippen molar-refractivity contribution >= 4 is 49.8 Å². The topological polar surface area (TPSA) is 92.3 Å². The number of nitrogens with zero attached hydrogens (tertiary/aromatic N) is 3. The second kappa shape index (κ2) is 11.0. The molecule has 0 aliphatic rings. The molecule has 11 heteroatoms. The zero-order chi connectivity index (χ0) is 24.8. The first-order chi connectivity index (χ1) is 16.8. The van der Waals surface area contributed by atoms with E-state index in [9.17, 15) is 17.6 Å². The highest BCUT2D eigenvalue weighted by Gasteiger charge is 2.19. The van der Waals surface area contributed by atoms with E-state index in [0.29, 0.717) is 21.9 Å². The molecule has 7 nitrogen and oxygen atoms in total. The van der Waals surface area contributed by atoms with Gasteiger partial charge in [-0.2, -0.15) is 0 Å². The van der Waals surface area contributed by atoms with E-state index in [2.05, 4.69) is 15.5 Å². The minimum atomic E-state index is -3.61. The highest BCUT2D eigenvalue weighted by Crippen LogP contribution is 2.29. The average molecular weight is 529 g/mol. The summed E-state index contributed by atoms with van der Waals surface area (Å²) in [6, 6.07) is 21.8. The van der Waals surface area contributed by atoms with Crippen molar-refractivity contribution in [2.24, 2.45) is 0 Å². The van der Waals surface area contributed by atoms with Crippen LogP contribution in [0.3, 0.4) is 0 Å². The van der Waals surface area contributed by atoms with Crippen molar-refractivity contribution in [3.63, 3.8) is 0 Å². The summed E-state index contributed by atoms with van der Waals surface area (Å²) in [5.41, 5.74) is 2.54. The van der Waals surface area contributed by atoms with Crippen LogP contribution in [-0.4, -0.2) is 30.8 Å². The summed E-state index contributed by atoms with van der Waals surface area (Å²) in [5, 5.41) is 11.2. The van der Waals surface area contributed by atoms with Crippen LogP contribution in [0.2, 0.25) is 0 Å². The molecule has 180 valence electrons. The number of anilines is 2. The van der Waals surface area contributed by atoms with Crippen molar-refractivity contribution in [2.45, 2.75) is 16.6 Å². The lowest BCUT2D eigenvalue weighted by molar-refractivity contribution is 0.102. The van der Waals surface area contributed by atoms with Crippen LogP contribution in [0.15, 0.2) is 83.2 Å². The van der Waals surface area contributed by atoms with Gasteiger partial charge in [-0.05, 0) is 47.5 Å². The number of amides is 1. The van der Waals surface area contributed by atoms with E-state index in [4.69, 9.17) is 0 Å². The molecular weight excluding hydrogens is 507 g/mol. The lowest BCUT2D eigenvalue weighted by Crippen LogP contribution is -2.29. The summed E-state index contributed by atoms with van der Waals surface area (Å²) in [4.78, 5) is 12.7. The third kappa shape index (κ3) is 6.87. The SMILES string of the molecule is CS(=O)(=O)N(Cc1ccc(F)cc1)c1ccc(C(=O)Nc2nnc(SCc3ccccc3)s2)cc1. The summed E-state index contributed by atoms with van der Waals surface area (Å²) in [5.74, 6) is -0.0243. The molecule has 0 saturated heterocycles. The van der Waals surface area contributed by atoms with Crippen molar-refractivity contribution in [2.75, 3.05) is 15.9 Å². The Labute approximate surface area is 211 Å². The molecule has 4 rings (SSSR count). The first-order valence-electron chi connectivity index (χ1n) is 10.4. The molecule has 1 N–H and O–H groups in total. The standard InChI is InChI=1S/C24H21FN4O3S3/c1-35(31,32)29(15-17-7-11-20(25)12-8-17)21-13-9-19(10-14-21)22(30)26-23-27-28-24(34-23)33-16-18-5-3-2-4-6-18/h2-14H,15-16H2,1H3,(H,26,27,30). The van der Waals surface area contributed by atoms with Crippen LogP contribution in [0.1, 0.15) is 21.5 Å². The number of rotatable bonds is 9. The molecule has 0 fully saturated rings. The van der Waals surface area contributed by atoms with E-state index in [0.717, 1.165) is 16.3 Å². The van der Waals surface area contributed by atoms with Crippen molar-refractivity contribution in [3.05, 3.63) is 101 Å². The van der Waals surface area contributed by atoms with Crippen LogP contribution in [0, 0.1) is 5.82 Å². The second-order valence-electron chi connectivity index (χ2n) is 7.54. The predicted octanol–water partition coefficient (Wildman–Crippen LogP) is 5.19. The minimum absolute atomic E-state index is 0.0405. The van der Waals surface area contributed by atoms with E-state index < -0.39 is 15.8 Å². The van der Waals surface area contributed by atoms with Crippen LogP contribution in [-0.2, 0) is 22.3 Å². The molecule has 0 radical (unpaired) electrons. The Hall–Kier alpha value is -3.28. The van der Waals surface area contributed by atoms with Gasteiger partial charge >= 0.3 is 0 Å². The van der Waals surface area contributed by atoms with E-state index in [1.54, 1.807) is 24.3 Å². The van der Waals surface area contributed by atoms with Gasteiger partial charge in [-0.3, -0.25) is 14.4 Å². The molecule has 1 heterocycles. The molecule has 4 aromatic rings. The zero-order valence-electron chi connectivity index (χ0n) is 18.6. The number of benzene rings is 3. The van der Waals surface area contributed by atoms with E-state index >= 15 is 0 Å². The summed E-state index contributed by atoms with van der Waals surface area (Å²) < 4.78 is 39.9. The molecule has 0 atom stereocenters. The highest BCUT2D eigenvalue weighted by molar-refractivity contribution is 8.00. The molecular formula is C24H21FN4O3S3. The van der Waals surface area contributed by atoms with Gasteiger partial charge in [-0.25, -0.2) is 12.8 Å². The number of hydrogen-bond acceptors (Lipinski definition) is 7. The van der Waals surface area contributed by atoms with Crippen LogP contribution in [0.5, 0.6) is 0 Å². The molecule has 1 amide bonds. The number of carbonyl (C=O) groups is 1. The molecule has 0 aliphatic carbocycles. The average Bonchev–Trinajstić information content (AvgIpc) is 3.29. The Balaban J connectivity index is 1.40. The number of halogens is 1. The molecule has 0 spiro atoms. The molecule has 1 aromatic heterocycles. The number of sulfonamides is 1. The predicted molar refractivity (Wildman–Crippen MR) is 138 cm³/mol. The Kier molecular flexibility index (Phi) is 7.79. The summed E-state index contributed by atoms with van der Waals surface area (Å²) in [7, 11) is -3.61. The normalized spacial score (nSPS) is 11.3. The molecule has 0 unspecified atom stereocenters. The van der Waals surface area contributed by atoms with Gasteiger partial charge in [0.25, 0.3) is 5.91 Å². The number of thioether (sulfide) groups is 1. The van der Waals surface area contributed by atoms with Gasteiger partial charge in [0, 0.05) is 11.3 Å². The van der Waals surface area contributed by atoms with Gasteiger partial charge < -0.3 is 0 Å². The van der Waals surface area contributed by atoms with Crippen LogP contribution in [0.25, 0.3) is 0 Å². The third-order valence-electron chi connectivity index (χ3n) is 4.89. The fraction of sp³-hybridized carbons (Fsp3) is 0.125. The van der Waals surface area contributed by atoms with Crippen molar-refractivity contribution < 1.29 is 17.6 Å². The van der Waals surface area contributed by atoms with Crippen LogP contribution in [0.4, 0.5) is 15.2 Å². The zero-order valence-corrected chi connectivity index (χ0v) is 21.0. The number of carbonyl (C=O) groups excluding carboxylic acids is 1. The van der Waals surface area contributed by atoms with E-state index in [1.807, 2.05) is 30.3 Å². The summed E-state index contributed by atoms with van der Waals surface area (Å²) >= 11 is 2.82. The lowest BCUT2D eigenvalue weighted by Gasteiger charge is -2.22. The van der Waals surface area contributed by atoms with Gasteiger partial charge in [0.05, 0.1) is 18.5 Å². The molecule has 35 heavy (non-hydrogen) atoms. The maximum Gasteiger partial charge on any atom is 0.257 e. The Bertz CT molecular complexity index is 1390.